The zero-order valence-corrected chi connectivity index (χ0v) is 13.1. The fraction of sp³-hybridized carbons (Fsp3) is 0.188. The van der Waals surface area contributed by atoms with Crippen molar-refractivity contribution in [2.75, 3.05) is 11.4 Å². The molecule has 5 heteroatoms. The molecule has 0 aliphatic carbocycles. The molecule has 0 radical (unpaired) electrons. The fourth-order valence-corrected chi connectivity index (χ4v) is 3.31. The molecule has 0 saturated heterocycles. The van der Waals surface area contributed by atoms with Gasteiger partial charge in [-0.05, 0) is 30.7 Å². The molecule has 0 spiro atoms. The summed E-state index contributed by atoms with van der Waals surface area (Å²) in [4.78, 5) is 6.36. The molecule has 108 valence electrons. The molecule has 0 aromatic heterocycles. The molecule has 2 aromatic carbocycles. The van der Waals surface area contributed by atoms with Crippen LogP contribution in [0.3, 0.4) is 0 Å². The average molecular weight is 320 g/mol. The maximum absolute atomic E-state index is 6.38. The van der Waals surface area contributed by atoms with E-state index in [1.165, 1.54) is 0 Å². The zero-order valence-electron chi connectivity index (χ0n) is 11.6. The van der Waals surface area contributed by atoms with Gasteiger partial charge in [0.2, 0.25) is 0 Å². The van der Waals surface area contributed by atoms with Gasteiger partial charge in [0.15, 0.2) is 5.96 Å². The van der Waals surface area contributed by atoms with Crippen molar-refractivity contribution in [3.05, 3.63) is 64.1 Å². The Balaban J connectivity index is 2.16. The summed E-state index contributed by atoms with van der Waals surface area (Å²) in [6.45, 7) is 2.61. The summed E-state index contributed by atoms with van der Waals surface area (Å²) in [5.41, 5.74) is 7.48. The highest BCUT2D eigenvalue weighted by Gasteiger charge is 2.42. The van der Waals surface area contributed by atoms with Gasteiger partial charge in [0.25, 0.3) is 0 Å². The number of nitrogens with two attached hydrogens (primary N) is 1. The van der Waals surface area contributed by atoms with Gasteiger partial charge < -0.3 is 5.73 Å². The summed E-state index contributed by atoms with van der Waals surface area (Å²) in [6, 6.07) is 15.4. The molecule has 0 bridgehead atoms. The van der Waals surface area contributed by atoms with Gasteiger partial charge in [0, 0.05) is 5.02 Å². The molecule has 0 amide bonds. The number of benzene rings is 2. The van der Waals surface area contributed by atoms with Crippen molar-refractivity contribution in [2.45, 2.75) is 12.5 Å². The maximum Gasteiger partial charge on any atom is 0.196 e. The van der Waals surface area contributed by atoms with Gasteiger partial charge in [0.1, 0.15) is 0 Å². The van der Waals surface area contributed by atoms with Crippen LogP contribution in [0.5, 0.6) is 0 Å². The summed E-state index contributed by atoms with van der Waals surface area (Å²) < 4.78 is 0. The number of hydrogen-bond donors (Lipinski definition) is 1. The minimum atomic E-state index is -0.451. The summed E-state index contributed by atoms with van der Waals surface area (Å²) >= 11 is 12.7. The Bertz CT molecular complexity index is 714. The molecule has 0 saturated carbocycles. The van der Waals surface area contributed by atoms with E-state index in [9.17, 15) is 0 Å². The number of hydrogen-bond acceptors (Lipinski definition) is 3. The Morgan fingerprint density at radius 3 is 2.33 bits per heavy atom. The second-order valence-corrected chi connectivity index (χ2v) is 6.03. The lowest BCUT2D eigenvalue weighted by Gasteiger charge is -2.37. The number of halogens is 2. The molecule has 1 aliphatic heterocycles. The predicted molar refractivity (Wildman–Crippen MR) is 89.2 cm³/mol. The highest BCUT2D eigenvalue weighted by molar-refractivity contribution is 6.34. The molecule has 1 unspecified atom stereocenters. The van der Waals surface area contributed by atoms with Crippen LogP contribution in [-0.4, -0.2) is 12.5 Å². The van der Waals surface area contributed by atoms with Crippen LogP contribution in [0.1, 0.15) is 12.5 Å². The van der Waals surface area contributed by atoms with Crippen molar-refractivity contribution >= 4 is 34.8 Å². The van der Waals surface area contributed by atoms with Crippen LogP contribution in [0.2, 0.25) is 10.0 Å². The highest BCUT2D eigenvalue weighted by atomic mass is 35.5. The molecule has 0 fully saturated rings. The summed E-state index contributed by atoms with van der Waals surface area (Å²) in [7, 11) is 0. The number of anilines is 1. The summed E-state index contributed by atoms with van der Waals surface area (Å²) in [6.07, 6.45) is 0. The molecule has 3 rings (SSSR count). The first-order valence-corrected chi connectivity index (χ1v) is 7.39. The first kappa shape index (κ1) is 14.2. The molecular weight excluding hydrogens is 305 g/mol. The second kappa shape index (κ2) is 5.24. The number of nitrogens with zero attached hydrogens (tertiary/aromatic N) is 2. The van der Waals surface area contributed by atoms with Gasteiger partial charge in [-0.3, -0.25) is 9.89 Å². The van der Waals surface area contributed by atoms with Crippen LogP contribution < -0.4 is 10.6 Å². The molecule has 2 aromatic rings. The van der Waals surface area contributed by atoms with E-state index in [0.717, 1.165) is 11.3 Å². The van der Waals surface area contributed by atoms with Crippen molar-refractivity contribution in [3.8, 4) is 0 Å². The fourth-order valence-electron chi connectivity index (χ4n) is 2.76. The Kier molecular flexibility index (Phi) is 3.56. The van der Waals surface area contributed by atoms with Crippen LogP contribution in [0.4, 0.5) is 5.69 Å². The third-order valence-electron chi connectivity index (χ3n) is 3.82. The van der Waals surface area contributed by atoms with E-state index in [1.807, 2.05) is 53.4 Å². The Morgan fingerprint density at radius 1 is 1.05 bits per heavy atom. The summed E-state index contributed by atoms with van der Waals surface area (Å²) in [5, 5.41) is 1.33. The minimum absolute atomic E-state index is 0.450. The molecule has 2 N–H and O–H groups in total. The van der Waals surface area contributed by atoms with Crippen LogP contribution in [0.15, 0.2) is 53.5 Å². The third kappa shape index (κ3) is 2.27. The largest absolute Gasteiger partial charge is 0.369 e. The molecule has 3 nitrogen and oxygen atoms in total. The van der Waals surface area contributed by atoms with Gasteiger partial charge >= 0.3 is 0 Å². The van der Waals surface area contributed by atoms with E-state index in [1.54, 1.807) is 0 Å². The first-order valence-electron chi connectivity index (χ1n) is 6.64. The molecule has 1 heterocycles. The Hall–Kier alpha value is -1.71. The van der Waals surface area contributed by atoms with E-state index in [2.05, 4.69) is 11.9 Å². The number of guanidine groups is 1. The third-order valence-corrected chi connectivity index (χ3v) is 4.47. The molecule has 1 atom stereocenters. The number of aliphatic imine (C=N–C) groups is 1. The predicted octanol–water partition coefficient (Wildman–Crippen LogP) is 4.04. The Labute approximate surface area is 134 Å². The van der Waals surface area contributed by atoms with Crippen molar-refractivity contribution in [3.63, 3.8) is 0 Å². The summed E-state index contributed by atoms with van der Waals surface area (Å²) in [5.74, 6) is 0.450. The standard InChI is InChI=1S/C16H15Cl2N3/c1-16(11-6-2-3-7-12(11)17)10-20-15(19)21(16)14-9-5-4-8-13(14)18/h2-9H,10H2,1H3,(H2,19,20). The van der Waals surface area contributed by atoms with Crippen LogP contribution in [0.25, 0.3) is 0 Å². The Morgan fingerprint density at radius 2 is 1.67 bits per heavy atom. The second-order valence-electron chi connectivity index (χ2n) is 5.21. The lowest BCUT2D eigenvalue weighted by Crippen LogP contribution is -2.48. The van der Waals surface area contributed by atoms with E-state index >= 15 is 0 Å². The van der Waals surface area contributed by atoms with Crippen LogP contribution >= 0.6 is 23.2 Å². The monoisotopic (exact) mass is 319 g/mol. The van der Waals surface area contributed by atoms with Gasteiger partial charge in [-0.2, -0.15) is 0 Å². The highest BCUT2D eigenvalue weighted by Crippen LogP contribution is 2.41. The van der Waals surface area contributed by atoms with E-state index in [0.29, 0.717) is 22.5 Å². The number of rotatable bonds is 2. The number of para-hydroxylation sites is 1. The van der Waals surface area contributed by atoms with E-state index in [-0.39, 0.29) is 0 Å². The smallest absolute Gasteiger partial charge is 0.196 e. The molecule has 1 aliphatic rings. The minimum Gasteiger partial charge on any atom is -0.369 e. The van der Waals surface area contributed by atoms with Crippen molar-refractivity contribution in [1.29, 1.82) is 0 Å². The van der Waals surface area contributed by atoms with Gasteiger partial charge in [-0.15, -0.1) is 0 Å². The van der Waals surface area contributed by atoms with Crippen LogP contribution in [-0.2, 0) is 5.54 Å². The average Bonchev–Trinajstić information content (AvgIpc) is 2.77. The van der Waals surface area contributed by atoms with Crippen LogP contribution in [0, 0.1) is 0 Å². The van der Waals surface area contributed by atoms with Crippen molar-refractivity contribution < 1.29 is 0 Å². The topological polar surface area (TPSA) is 41.6 Å². The van der Waals surface area contributed by atoms with Gasteiger partial charge in [-0.1, -0.05) is 53.5 Å². The van der Waals surface area contributed by atoms with Gasteiger partial charge in [0.05, 0.1) is 22.8 Å². The quantitative estimate of drug-likeness (QED) is 0.907. The normalized spacial score (nSPS) is 21.5. The van der Waals surface area contributed by atoms with E-state index in [4.69, 9.17) is 28.9 Å². The lowest BCUT2D eigenvalue weighted by atomic mass is 9.90. The van der Waals surface area contributed by atoms with Gasteiger partial charge in [-0.25, -0.2) is 0 Å². The van der Waals surface area contributed by atoms with E-state index < -0.39 is 5.54 Å². The molecule has 21 heavy (non-hydrogen) atoms. The van der Waals surface area contributed by atoms with Crippen molar-refractivity contribution in [1.82, 2.24) is 0 Å². The zero-order chi connectivity index (χ0) is 15.0. The SMILES string of the molecule is CC1(c2ccccc2Cl)CN=C(N)N1c1ccccc1Cl. The maximum atomic E-state index is 6.38. The first-order chi connectivity index (χ1) is 10.0. The molecular formula is C16H15Cl2N3. The lowest BCUT2D eigenvalue weighted by molar-refractivity contribution is 0.533. The van der Waals surface area contributed by atoms with Crippen molar-refractivity contribution in [2.24, 2.45) is 10.7 Å².